The van der Waals surface area contributed by atoms with Gasteiger partial charge in [-0.05, 0) is 54.5 Å². The van der Waals surface area contributed by atoms with E-state index in [9.17, 15) is 0 Å². The molecule has 0 aromatic carbocycles. The molecule has 3 rings (SSSR count). The number of hydrogen-bond donors (Lipinski definition) is 0. The molecule has 1 saturated carbocycles. The third kappa shape index (κ3) is 2.57. The monoisotopic (exact) mass is 314 g/mol. The van der Waals surface area contributed by atoms with E-state index in [1.54, 1.807) is 6.20 Å². The molecule has 1 atom stereocenters. The van der Waals surface area contributed by atoms with Crippen LogP contribution in [0.5, 0.6) is 5.75 Å². The Hall–Kier alpha value is -0.550. The molecule has 2 aliphatic rings. The molecule has 18 heavy (non-hydrogen) atoms. The molecule has 1 aliphatic carbocycles. The van der Waals surface area contributed by atoms with Crippen LogP contribution in [-0.4, -0.2) is 22.5 Å². The van der Waals surface area contributed by atoms with Crippen molar-refractivity contribution in [1.29, 1.82) is 0 Å². The van der Waals surface area contributed by atoms with Crippen LogP contribution in [0.3, 0.4) is 0 Å². The van der Waals surface area contributed by atoms with Crippen LogP contribution < -0.4 is 4.74 Å². The second-order valence-electron chi connectivity index (χ2n) is 5.09. The van der Waals surface area contributed by atoms with Gasteiger partial charge in [-0.15, -0.1) is 0 Å². The van der Waals surface area contributed by atoms with E-state index in [0.717, 1.165) is 42.6 Å². The van der Waals surface area contributed by atoms with Crippen LogP contribution in [0.25, 0.3) is 0 Å². The summed E-state index contributed by atoms with van der Waals surface area (Å²) in [6.07, 6.45) is 10.6. The Morgan fingerprint density at radius 2 is 2.06 bits per heavy atom. The van der Waals surface area contributed by atoms with Crippen LogP contribution in [0.15, 0.2) is 10.8 Å². The molecule has 2 heterocycles. The Kier molecular flexibility index (Phi) is 3.89. The molecule has 5 heteroatoms. The minimum Gasteiger partial charge on any atom is -0.486 e. The van der Waals surface area contributed by atoms with E-state index < -0.39 is 0 Å². The normalized spacial score (nSPS) is 25.5. The van der Waals surface area contributed by atoms with Gasteiger partial charge in [-0.2, -0.15) is 5.10 Å². The van der Waals surface area contributed by atoms with E-state index in [-0.39, 0.29) is 6.23 Å². The highest BCUT2D eigenvalue weighted by Gasteiger charge is 2.24. The smallest absolute Gasteiger partial charge is 0.172 e. The summed E-state index contributed by atoms with van der Waals surface area (Å²) in [4.78, 5) is 0. The summed E-state index contributed by atoms with van der Waals surface area (Å²) in [5.74, 6) is 0.859. The van der Waals surface area contributed by atoms with Crippen LogP contribution in [0, 0.1) is 0 Å². The van der Waals surface area contributed by atoms with E-state index in [1.165, 1.54) is 19.3 Å². The zero-order valence-electron chi connectivity index (χ0n) is 10.5. The highest BCUT2D eigenvalue weighted by Crippen LogP contribution is 2.33. The third-order valence-corrected chi connectivity index (χ3v) is 4.48. The highest BCUT2D eigenvalue weighted by molar-refractivity contribution is 9.10. The number of nitrogens with zero attached hydrogens (tertiary/aromatic N) is 2. The minimum absolute atomic E-state index is 0.0723. The average Bonchev–Trinajstić information content (AvgIpc) is 3.02. The second-order valence-corrected chi connectivity index (χ2v) is 5.84. The van der Waals surface area contributed by atoms with Crippen LogP contribution in [0.2, 0.25) is 0 Å². The molecule has 0 amide bonds. The molecular weight excluding hydrogens is 296 g/mol. The van der Waals surface area contributed by atoms with Crippen molar-refractivity contribution in [2.75, 3.05) is 6.61 Å². The van der Waals surface area contributed by atoms with Gasteiger partial charge < -0.3 is 9.47 Å². The van der Waals surface area contributed by atoms with Crippen molar-refractivity contribution in [2.45, 2.75) is 57.3 Å². The first-order chi connectivity index (χ1) is 8.84. The van der Waals surface area contributed by atoms with Crippen molar-refractivity contribution in [1.82, 2.24) is 9.78 Å². The standard InChI is InChI=1S/C13H19BrN2O2/c14-13-11(18-10-5-2-1-3-6-10)9-15-16(13)12-7-4-8-17-12/h9-10,12H,1-8H2. The highest BCUT2D eigenvalue weighted by atomic mass is 79.9. The van der Waals surface area contributed by atoms with Gasteiger partial charge in [-0.1, -0.05) is 6.42 Å². The first-order valence-corrected chi connectivity index (χ1v) is 7.65. The Morgan fingerprint density at radius 3 is 2.78 bits per heavy atom. The summed E-state index contributed by atoms with van der Waals surface area (Å²) in [6.45, 7) is 0.829. The fourth-order valence-corrected chi connectivity index (χ4v) is 3.24. The number of aromatic nitrogens is 2. The van der Waals surface area contributed by atoms with E-state index in [4.69, 9.17) is 9.47 Å². The van der Waals surface area contributed by atoms with Gasteiger partial charge in [0.2, 0.25) is 0 Å². The first-order valence-electron chi connectivity index (χ1n) is 6.86. The fraction of sp³-hybridized carbons (Fsp3) is 0.769. The predicted octanol–water partition coefficient (Wildman–Crippen LogP) is 3.67. The average molecular weight is 315 g/mol. The summed E-state index contributed by atoms with van der Waals surface area (Å²) in [5.41, 5.74) is 0. The lowest BCUT2D eigenvalue weighted by atomic mass is 9.98. The molecule has 4 nitrogen and oxygen atoms in total. The Labute approximate surface area is 116 Å². The molecule has 0 spiro atoms. The van der Waals surface area contributed by atoms with Gasteiger partial charge in [0.25, 0.3) is 0 Å². The quantitative estimate of drug-likeness (QED) is 0.854. The van der Waals surface area contributed by atoms with Crippen LogP contribution >= 0.6 is 15.9 Å². The maximum Gasteiger partial charge on any atom is 0.172 e. The van der Waals surface area contributed by atoms with Crippen molar-refractivity contribution in [3.05, 3.63) is 10.8 Å². The largest absolute Gasteiger partial charge is 0.486 e. The van der Waals surface area contributed by atoms with Crippen molar-refractivity contribution < 1.29 is 9.47 Å². The van der Waals surface area contributed by atoms with E-state index >= 15 is 0 Å². The van der Waals surface area contributed by atoms with Gasteiger partial charge in [-0.25, -0.2) is 4.68 Å². The maximum absolute atomic E-state index is 6.04. The summed E-state index contributed by atoms with van der Waals surface area (Å²) in [6, 6.07) is 0. The van der Waals surface area contributed by atoms with Crippen LogP contribution in [0.4, 0.5) is 0 Å². The fourth-order valence-electron chi connectivity index (χ4n) is 2.73. The van der Waals surface area contributed by atoms with Crippen molar-refractivity contribution in [3.63, 3.8) is 0 Å². The van der Waals surface area contributed by atoms with E-state index in [2.05, 4.69) is 21.0 Å². The molecular formula is C13H19BrN2O2. The van der Waals surface area contributed by atoms with Crippen molar-refractivity contribution in [2.24, 2.45) is 0 Å². The molecule has 0 radical (unpaired) electrons. The van der Waals surface area contributed by atoms with Gasteiger partial charge in [0.15, 0.2) is 12.0 Å². The Balaban J connectivity index is 1.68. The second kappa shape index (κ2) is 5.61. The zero-order valence-corrected chi connectivity index (χ0v) is 12.1. The summed E-state index contributed by atoms with van der Waals surface area (Å²) >= 11 is 3.58. The summed E-state index contributed by atoms with van der Waals surface area (Å²) in [5, 5.41) is 4.38. The number of halogens is 1. The van der Waals surface area contributed by atoms with Gasteiger partial charge >= 0.3 is 0 Å². The molecule has 1 saturated heterocycles. The summed E-state index contributed by atoms with van der Waals surface area (Å²) in [7, 11) is 0. The number of rotatable bonds is 3. The zero-order chi connectivity index (χ0) is 12.4. The lowest BCUT2D eigenvalue weighted by Gasteiger charge is -2.22. The topological polar surface area (TPSA) is 36.3 Å². The van der Waals surface area contributed by atoms with Crippen LogP contribution in [-0.2, 0) is 4.74 Å². The van der Waals surface area contributed by atoms with Gasteiger partial charge in [0.1, 0.15) is 4.60 Å². The van der Waals surface area contributed by atoms with Crippen molar-refractivity contribution >= 4 is 15.9 Å². The predicted molar refractivity (Wildman–Crippen MR) is 71.7 cm³/mol. The van der Waals surface area contributed by atoms with E-state index in [1.807, 2.05) is 4.68 Å². The molecule has 2 fully saturated rings. The SMILES string of the molecule is Brc1c(OC2CCCCC2)cnn1C1CCCO1. The Bertz CT molecular complexity index is 396. The molecule has 0 bridgehead atoms. The first kappa shape index (κ1) is 12.5. The van der Waals surface area contributed by atoms with Gasteiger partial charge in [-0.3, -0.25) is 0 Å². The van der Waals surface area contributed by atoms with Gasteiger partial charge in [0.05, 0.1) is 12.3 Å². The van der Waals surface area contributed by atoms with Crippen molar-refractivity contribution in [3.8, 4) is 5.75 Å². The third-order valence-electron chi connectivity index (χ3n) is 3.73. The molecule has 100 valence electrons. The van der Waals surface area contributed by atoms with E-state index in [0.29, 0.717) is 6.10 Å². The molecule has 0 N–H and O–H groups in total. The number of ether oxygens (including phenoxy) is 2. The Morgan fingerprint density at radius 1 is 1.22 bits per heavy atom. The van der Waals surface area contributed by atoms with Gasteiger partial charge in [0, 0.05) is 6.61 Å². The molecule has 1 aliphatic heterocycles. The lowest BCUT2D eigenvalue weighted by molar-refractivity contribution is 0.0443. The number of hydrogen-bond acceptors (Lipinski definition) is 3. The molecule has 1 unspecified atom stereocenters. The summed E-state index contributed by atoms with van der Waals surface area (Å²) < 4.78 is 14.5. The lowest BCUT2D eigenvalue weighted by Crippen LogP contribution is -2.19. The maximum atomic E-state index is 6.04. The molecule has 1 aromatic rings. The van der Waals surface area contributed by atoms with Crippen LogP contribution in [0.1, 0.15) is 51.2 Å². The molecule has 1 aromatic heterocycles. The minimum atomic E-state index is 0.0723.